The van der Waals surface area contributed by atoms with E-state index < -0.39 is 11.6 Å². The zero-order valence-electron chi connectivity index (χ0n) is 7.58. The molecule has 1 aromatic carbocycles. The molecule has 0 aliphatic heterocycles. The van der Waals surface area contributed by atoms with Crippen LogP contribution in [0.3, 0.4) is 0 Å². The molecular formula is C10H9FO3. The molecule has 0 bridgehead atoms. The quantitative estimate of drug-likeness (QED) is 0.745. The van der Waals surface area contributed by atoms with Crippen molar-refractivity contribution in [2.75, 3.05) is 13.7 Å². The first kappa shape index (κ1) is 10.2. The number of ether oxygens (including phenoxy) is 2. The molecule has 0 atom stereocenters. The highest BCUT2D eigenvalue weighted by atomic mass is 19.1. The summed E-state index contributed by atoms with van der Waals surface area (Å²) in [7, 11) is 1.38. The van der Waals surface area contributed by atoms with Crippen LogP contribution in [0.25, 0.3) is 0 Å². The van der Waals surface area contributed by atoms with Gasteiger partial charge in [0.15, 0.2) is 23.1 Å². The first-order chi connectivity index (χ1) is 6.69. The Labute approximate surface area is 81.1 Å². The van der Waals surface area contributed by atoms with E-state index in [1.165, 1.54) is 7.11 Å². The van der Waals surface area contributed by atoms with Crippen molar-refractivity contribution >= 4 is 0 Å². The van der Waals surface area contributed by atoms with Crippen molar-refractivity contribution < 1.29 is 19.0 Å². The van der Waals surface area contributed by atoms with Crippen LogP contribution in [0.1, 0.15) is 0 Å². The van der Waals surface area contributed by atoms with Crippen molar-refractivity contribution in [3.8, 4) is 29.6 Å². The molecule has 4 heteroatoms. The second kappa shape index (κ2) is 4.38. The Bertz CT molecular complexity index is 368. The Morgan fingerprint density at radius 1 is 1.50 bits per heavy atom. The molecule has 3 nitrogen and oxygen atoms in total. The van der Waals surface area contributed by atoms with Gasteiger partial charge in [0.1, 0.15) is 6.61 Å². The van der Waals surface area contributed by atoms with E-state index in [2.05, 4.69) is 5.92 Å². The molecular weight excluding hydrogens is 187 g/mol. The van der Waals surface area contributed by atoms with Crippen LogP contribution in [0, 0.1) is 18.2 Å². The fourth-order valence-electron chi connectivity index (χ4n) is 0.916. The highest BCUT2D eigenvalue weighted by Gasteiger charge is 2.10. The molecule has 0 amide bonds. The van der Waals surface area contributed by atoms with E-state index in [1.807, 2.05) is 0 Å². The second-order valence-electron chi connectivity index (χ2n) is 2.45. The predicted octanol–water partition coefficient (Wildman–Crippen LogP) is 1.55. The summed E-state index contributed by atoms with van der Waals surface area (Å²) < 4.78 is 22.7. The first-order valence-corrected chi connectivity index (χ1v) is 3.81. The lowest BCUT2D eigenvalue weighted by Crippen LogP contribution is -1.97. The summed E-state index contributed by atoms with van der Waals surface area (Å²) in [5.41, 5.74) is 0. The van der Waals surface area contributed by atoms with Crippen LogP contribution in [0.4, 0.5) is 4.39 Å². The summed E-state index contributed by atoms with van der Waals surface area (Å²) in [5.74, 6) is 1.37. The number of benzene rings is 1. The summed E-state index contributed by atoms with van der Waals surface area (Å²) in [6.07, 6.45) is 4.98. The molecule has 74 valence electrons. The van der Waals surface area contributed by atoms with Gasteiger partial charge < -0.3 is 14.6 Å². The van der Waals surface area contributed by atoms with Gasteiger partial charge in [-0.15, -0.1) is 6.42 Å². The van der Waals surface area contributed by atoms with E-state index in [0.29, 0.717) is 0 Å². The number of hydrogen-bond acceptors (Lipinski definition) is 3. The number of rotatable bonds is 3. The predicted molar refractivity (Wildman–Crippen MR) is 48.9 cm³/mol. The summed E-state index contributed by atoms with van der Waals surface area (Å²) in [4.78, 5) is 0. The maximum absolute atomic E-state index is 12.9. The Hall–Kier alpha value is -1.89. The maximum Gasteiger partial charge on any atom is 0.168 e. The van der Waals surface area contributed by atoms with Gasteiger partial charge in [0.2, 0.25) is 0 Å². The number of hydrogen-bond donors (Lipinski definition) is 1. The minimum atomic E-state index is -0.780. The lowest BCUT2D eigenvalue weighted by atomic mass is 10.3. The monoisotopic (exact) mass is 196 g/mol. The summed E-state index contributed by atoms with van der Waals surface area (Å²) in [6, 6.07) is 2.15. The fraction of sp³-hybridized carbons (Fsp3) is 0.200. The highest BCUT2D eigenvalue weighted by molar-refractivity contribution is 5.46. The standard InChI is InChI=1S/C10H9FO3/c1-3-4-14-10-5-7(11)8(12)6-9(10)13-2/h1,5-6,12H,4H2,2H3. The minimum absolute atomic E-state index is 0.0145. The van der Waals surface area contributed by atoms with Gasteiger partial charge in [0.05, 0.1) is 7.11 Å². The third kappa shape index (κ3) is 2.07. The van der Waals surface area contributed by atoms with Gasteiger partial charge in [-0.3, -0.25) is 0 Å². The van der Waals surface area contributed by atoms with Crippen LogP contribution in [0.15, 0.2) is 12.1 Å². The summed E-state index contributed by atoms with van der Waals surface area (Å²) in [5, 5.41) is 9.03. The van der Waals surface area contributed by atoms with Gasteiger partial charge in [0.25, 0.3) is 0 Å². The van der Waals surface area contributed by atoms with E-state index in [0.717, 1.165) is 12.1 Å². The molecule has 1 N–H and O–H groups in total. The van der Waals surface area contributed by atoms with E-state index in [4.69, 9.17) is 21.0 Å². The van der Waals surface area contributed by atoms with Gasteiger partial charge >= 0.3 is 0 Å². The van der Waals surface area contributed by atoms with Crippen LogP contribution < -0.4 is 9.47 Å². The van der Waals surface area contributed by atoms with Crippen LogP contribution >= 0.6 is 0 Å². The molecule has 0 heterocycles. The maximum atomic E-state index is 12.9. The average molecular weight is 196 g/mol. The zero-order chi connectivity index (χ0) is 10.6. The van der Waals surface area contributed by atoms with Gasteiger partial charge in [-0.2, -0.15) is 0 Å². The summed E-state index contributed by atoms with van der Waals surface area (Å²) >= 11 is 0. The van der Waals surface area contributed by atoms with E-state index in [1.54, 1.807) is 0 Å². The molecule has 0 spiro atoms. The smallest absolute Gasteiger partial charge is 0.168 e. The molecule has 1 aromatic rings. The van der Waals surface area contributed by atoms with Crippen LogP contribution in [0.5, 0.6) is 17.2 Å². The third-order valence-electron chi connectivity index (χ3n) is 1.54. The number of phenolic OH excluding ortho intramolecular Hbond substituents is 1. The van der Waals surface area contributed by atoms with Crippen molar-refractivity contribution in [2.45, 2.75) is 0 Å². The van der Waals surface area contributed by atoms with E-state index >= 15 is 0 Å². The lowest BCUT2D eigenvalue weighted by molar-refractivity contribution is 0.323. The minimum Gasteiger partial charge on any atom is -0.505 e. The van der Waals surface area contributed by atoms with Crippen molar-refractivity contribution in [2.24, 2.45) is 0 Å². The van der Waals surface area contributed by atoms with Gasteiger partial charge in [-0.05, 0) is 0 Å². The second-order valence-corrected chi connectivity index (χ2v) is 2.45. The van der Waals surface area contributed by atoms with E-state index in [-0.39, 0.29) is 18.1 Å². The third-order valence-corrected chi connectivity index (χ3v) is 1.54. The van der Waals surface area contributed by atoms with E-state index in [9.17, 15) is 4.39 Å². The molecule has 0 unspecified atom stereocenters. The summed E-state index contributed by atoms with van der Waals surface area (Å²) in [6.45, 7) is 0.0145. The van der Waals surface area contributed by atoms with Crippen molar-refractivity contribution in [3.05, 3.63) is 17.9 Å². The fourth-order valence-corrected chi connectivity index (χ4v) is 0.916. The molecule has 0 aliphatic carbocycles. The Kier molecular flexibility index (Phi) is 3.19. The molecule has 0 saturated heterocycles. The largest absolute Gasteiger partial charge is 0.505 e. The zero-order valence-corrected chi connectivity index (χ0v) is 7.58. The number of phenols is 1. The number of aromatic hydroxyl groups is 1. The normalized spacial score (nSPS) is 9.21. The Morgan fingerprint density at radius 3 is 2.79 bits per heavy atom. The Morgan fingerprint density at radius 2 is 2.21 bits per heavy atom. The number of halogens is 1. The van der Waals surface area contributed by atoms with Gasteiger partial charge in [0, 0.05) is 12.1 Å². The van der Waals surface area contributed by atoms with Crippen molar-refractivity contribution in [3.63, 3.8) is 0 Å². The van der Waals surface area contributed by atoms with Crippen LogP contribution in [-0.2, 0) is 0 Å². The lowest BCUT2D eigenvalue weighted by Gasteiger charge is -2.09. The SMILES string of the molecule is C#CCOc1cc(F)c(O)cc1OC. The first-order valence-electron chi connectivity index (χ1n) is 3.81. The van der Waals surface area contributed by atoms with Crippen molar-refractivity contribution in [1.29, 1.82) is 0 Å². The van der Waals surface area contributed by atoms with Crippen LogP contribution in [0.2, 0.25) is 0 Å². The highest BCUT2D eigenvalue weighted by Crippen LogP contribution is 2.32. The number of methoxy groups -OCH3 is 1. The topological polar surface area (TPSA) is 38.7 Å². The van der Waals surface area contributed by atoms with Crippen molar-refractivity contribution in [1.82, 2.24) is 0 Å². The molecule has 0 aliphatic rings. The van der Waals surface area contributed by atoms with Gasteiger partial charge in [-0.1, -0.05) is 5.92 Å². The van der Waals surface area contributed by atoms with Crippen LogP contribution in [-0.4, -0.2) is 18.8 Å². The molecule has 0 aromatic heterocycles. The molecule has 0 fully saturated rings. The van der Waals surface area contributed by atoms with Gasteiger partial charge in [-0.25, -0.2) is 4.39 Å². The molecule has 0 saturated carbocycles. The molecule has 14 heavy (non-hydrogen) atoms. The Balaban J connectivity index is 3.02. The molecule has 1 rings (SSSR count). The molecule has 0 radical (unpaired) electrons. The average Bonchev–Trinajstić information content (AvgIpc) is 2.19. The number of terminal acetylenes is 1.